The molecular formula is C14H10N. The summed E-state index contributed by atoms with van der Waals surface area (Å²) >= 11 is 0. The molecule has 0 fully saturated rings. The number of nitrogen functional groups attached to an aromatic ring is 1. The van der Waals surface area contributed by atoms with E-state index in [2.05, 4.69) is 30.3 Å². The molecule has 3 rings (SSSR count). The Balaban J connectivity index is 2.47. The van der Waals surface area contributed by atoms with Gasteiger partial charge < -0.3 is 5.73 Å². The number of fused-ring (bicyclic) bond motifs is 2. The summed E-state index contributed by atoms with van der Waals surface area (Å²) in [7, 11) is 0. The van der Waals surface area contributed by atoms with E-state index in [0.29, 0.717) is 0 Å². The molecule has 3 aromatic rings. The lowest BCUT2D eigenvalue weighted by molar-refractivity contribution is 1.74. The van der Waals surface area contributed by atoms with Crippen molar-refractivity contribution >= 4 is 27.2 Å². The van der Waals surface area contributed by atoms with Crippen molar-refractivity contribution in [3.8, 4) is 0 Å². The zero-order chi connectivity index (χ0) is 10.3. The van der Waals surface area contributed by atoms with Crippen LogP contribution in [0, 0.1) is 6.07 Å². The molecule has 0 saturated heterocycles. The molecule has 0 heterocycles. The Bertz CT molecular complexity index is 641. The van der Waals surface area contributed by atoms with Gasteiger partial charge >= 0.3 is 0 Å². The number of hydrogen-bond acceptors (Lipinski definition) is 1. The maximum atomic E-state index is 5.76. The average Bonchev–Trinajstić information content (AvgIpc) is 2.26. The van der Waals surface area contributed by atoms with Crippen molar-refractivity contribution in [3.63, 3.8) is 0 Å². The lowest BCUT2D eigenvalue weighted by Gasteiger charge is -2.02. The van der Waals surface area contributed by atoms with Gasteiger partial charge in [-0.3, -0.25) is 0 Å². The summed E-state index contributed by atoms with van der Waals surface area (Å²) < 4.78 is 0. The first-order valence-corrected chi connectivity index (χ1v) is 4.93. The third-order valence-corrected chi connectivity index (χ3v) is 2.64. The molecule has 71 valence electrons. The molecule has 0 spiro atoms. The maximum Gasteiger partial charge on any atom is 0.0320 e. The maximum absolute atomic E-state index is 5.76. The van der Waals surface area contributed by atoms with E-state index in [9.17, 15) is 0 Å². The molecule has 0 saturated carbocycles. The fraction of sp³-hybridized carbons (Fsp3) is 0. The standard InChI is InChI=1S/C14H10N/c15-14-6-5-12-7-10-3-1-2-4-11(10)8-13(12)9-14/h1-3,5-9H,15H2. The van der Waals surface area contributed by atoms with Gasteiger partial charge in [-0.05, 0) is 51.9 Å². The van der Waals surface area contributed by atoms with Crippen LogP contribution in [0.15, 0.2) is 48.5 Å². The Morgan fingerprint density at radius 3 is 2.73 bits per heavy atom. The SMILES string of the molecule is Nc1ccc2cc3ccc[c]c3cc2c1. The van der Waals surface area contributed by atoms with Crippen LogP contribution < -0.4 is 5.73 Å². The van der Waals surface area contributed by atoms with Crippen LogP contribution in [0.25, 0.3) is 21.5 Å². The molecule has 1 heteroatoms. The highest BCUT2D eigenvalue weighted by Crippen LogP contribution is 2.23. The Kier molecular flexibility index (Phi) is 1.65. The largest absolute Gasteiger partial charge is 0.399 e. The van der Waals surface area contributed by atoms with Gasteiger partial charge in [0.15, 0.2) is 0 Å². The molecule has 2 N–H and O–H groups in total. The first kappa shape index (κ1) is 8.30. The van der Waals surface area contributed by atoms with E-state index < -0.39 is 0 Å². The van der Waals surface area contributed by atoms with Gasteiger partial charge in [-0.2, -0.15) is 0 Å². The van der Waals surface area contributed by atoms with Crippen molar-refractivity contribution in [2.24, 2.45) is 0 Å². The summed E-state index contributed by atoms with van der Waals surface area (Å²) in [4.78, 5) is 0. The van der Waals surface area contributed by atoms with Crippen molar-refractivity contribution in [2.75, 3.05) is 5.73 Å². The number of nitrogens with two attached hydrogens (primary N) is 1. The molecule has 1 radical (unpaired) electrons. The number of anilines is 1. The zero-order valence-electron chi connectivity index (χ0n) is 8.20. The lowest BCUT2D eigenvalue weighted by Crippen LogP contribution is -1.83. The molecule has 0 atom stereocenters. The summed E-state index contributed by atoms with van der Waals surface area (Å²) in [6.07, 6.45) is 0. The summed E-state index contributed by atoms with van der Waals surface area (Å²) in [5.41, 5.74) is 6.56. The summed E-state index contributed by atoms with van der Waals surface area (Å²) in [6.45, 7) is 0. The van der Waals surface area contributed by atoms with E-state index >= 15 is 0 Å². The smallest absolute Gasteiger partial charge is 0.0320 e. The fourth-order valence-electron chi connectivity index (χ4n) is 1.89. The minimum absolute atomic E-state index is 0.804. The highest BCUT2D eigenvalue weighted by atomic mass is 14.5. The van der Waals surface area contributed by atoms with Gasteiger partial charge in [-0.1, -0.05) is 24.3 Å². The Morgan fingerprint density at radius 1 is 0.867 bits per heavy atom. The van der Waals surface area contributed by atoms with Crippen molar-refractivity contribution < 1.29 is 0 Å². The second kappa shape index (κ2) is 2.99. The molecular weight excluding hydrogens is 182 g/mol. The van der Waals surface area contributed by atoms with E-state index in [1.807, 2.05) is 24.3 Å². The van der Waals surface area contributed by atoms with Crippen LogP contribution in [0.4, 0.5) is 5.69 Å². The Labute approximate surface area is 88.1 Å². The van der Waals surface area contributed by atoms with Gasteiger partial charge in [0.1, 0.15) is 0 Å². The molecule has 0 aromatic heterocycles. The summed E-state index contributed by atoms with van der Waals surface area (Å²) in [5, 5.41) is 4.74. The molecule has 3 aromatic carbocycles. The van der Waals surface area contributed by atoms with Crippen LogP contribution in [0.3, 0.4) is 0 Å². The van der Waals surface area contributed by atoms with Gasteiger partial charge in [0.25, 0.3) is 0 Å². The zero-order valence-corrected chi connectivity index (χ0v) is 8.20. The van der Waals surface area contributed by atoms with Gasteiger partial charge in [0.2, 0.25) is 0 Å². The topological polar surface area (TPSA) is 26.0 Å². The minimum atomic E-state index is 0.804. The highest BCUT2D eigenvalue weighted by Gasteiger charge is 1.97. The Morgan fingerprint density at radius 2 is 1.80 bits per heavy atom. The van der Waals surface area contributed by atoms with Gasteiger partial charge in [0.05, 0.1) is 0 Å². The van der Waals surface area contributed by atoms with Crippen LogP contribution in [-0.2, 0) is 0 Å². The number of benzene rings is 3. The normalized spacial score (nSPS) is 10.9. The number of rotatable bonds is 0. The van der Waals surface area contributed by atoms with E-state index in [4.69, 9.17) is 5.73 Å². The summed E-state index contributed by atoms with van der Waals surface area (Å²) in [6, 6.07) is 19.5. The van der Waals surface area contributed by atoms with Gasteiger partial charge in [-0.25, -0.2) is 0 Å². The molecule has 1 nitrogen and oxygen atoms in total. The molecule has 0 aliphatic carbocycles. The molecule has 15 heavy (non-hydrogen) atoms. The van der Waals surface area contributed by atoms with Crippen LogP contribution in [-0.4, -0.2) is 0 Å². The quantitative estimate of drug-likeness (QED) is 0.429. The second-order valence-electron chi connectivity index (χ2n) is 3.72. The highest BCUT2D eigenvalue weighted by molar-refractivity contribution is 5.98. The molecule has 0 bridgehead atoms. The number of hydrogen-bond donors (Lipinski definition) is 1. The van der Waals surface area contributed by atoms with Gasteiger partial charge in [-0.15, -0.1) is 0 Å². The van der Waals surface area contributed by atoms with Gasteiger partial charge in [0, 0.05) is 5.69 Å². The molecule has 0 amide bonds. The van der Waals surface area contributed by atoms with Crippen molar-refractivity contribution in [1.29, 1.82) is 0 Å². The third-order valence-electron chi connectivity index (χ3n) is 2.64. The van der Waals surface area contributed by atoms with Crippen molar-refractivity contribution in [2.45, 2.75) is 0 Å². The second-order valence-corrected chi connectivity index (χ2v) is 3.72. The van der Waals surface area contributed by atoms with Crippen molar-refractivity contribution in [3.05, 3.63) is 54.6 Å². The Hall–Kier alpha value is -2.02. The third kappa shape index (κ3) is 1.33. The first-order valence-electron chi connectivity index (χ1n) is 4.93. The molecule has 0 aliphatic heterocycles. The van der Waals surface area contributed by atoms with Crippen LogP contribution >= 0.6 is 0 Å². The summed E-state index contributed by atoms with van der Waals surface area (Å²) in [5.74, 6) is 0. The van der Waals surface area contributed by atoms with Crippen molar-refractivity contribution in [1.82, 2.24) is 0 Å². The predicted molar refractivity (Wildman–Crippen MR) is 64.7 cm³/mol. The van der Waals surface area contributed by atoms with E-state index in [1.165, 1.54) is 16.2 Å². The van der Waals surface area contributed by atoms with E-state index in [0.717, 1.165) is 11.1 Å². The van der Waals surface area contributed by atoms with Crippen LogP contribution in [0.1, 0.15) is 0 Å². The molecule has 0 aliphatic rings. The predicted octanol–water partition coefficient (Wildman–Crippen LogP) is 3.38. The fourth-order valence-corrected chi connectivity index (χ4v) is 1.89. The van der Waals surface area contributed by atoms with E-state index in [-0.39, 0.29) is 0 Å². The lowest BCUT2D eigenvalue weighted by atomic mass is 10.0. The van der Waals surface area contributed by atoms with Crippen LogP contribution in [0.5, 0.6) is 0 Å². The van der Waals surface area contributed by atoms with E-state index in [1.54, 1.807) is 0 Å². The minimum Gasteiger partial charge on any atom is -0.399 e. The molecule has 0 unspecified atom stereocenters. The van der Waals surface area contributed by atoms with Crippen LogP contribution in [0.2, 0.25) is 0 Å². The monoisotopic (exact) mass is 192 g/mol. The first-order chi connectivity index (χ1) is 7.33. The average molecular weight is 192 g/mol.